The van der Waals surface area contributed by atoms with Crippen LogP contribution in [0.2, 0.25) is 0 Å². The molecule has 0 unspecified atom stereocenters. The maximum atomic E-state index is 12.8. The van der Waals surface area contributed by atoms with Crippen molar-refractivity contribution in [3.63, 3.8) is 0 Å². The van der Waals surface area contributed by atoms with Crippen LogP contribution in [-0.4, -0.2) is 41.2 Å². The number of nitrogens with zero attached hydrogens (tertiary/aromatic N) is 1. The van der Waals surface area contributed by atoms with Crippen LogP contribution in [0, 0.1) is 5.92 Å². The molecule has 3 heterocycles. The van der Waals surface area contributed by atoms with Gasteiger partial charge in [0, 0.05) is 6.04 Å². The summed E-state index contributed by atoms with van der Waals surface area (Å²) in [6.45, 7) is 9.73. The molecular formula is C19H25NO3. The molecule has 4 heteroatoms. The highest BCUT2D eigenvalue weighted by atomic mass is 16.6. The van der Waals surface area contributed by atoms with Gasteiger partial charge in [0.05, 0.1) is 0 Å². The van der Waals surface area contributed by atoms with E-state index in [0.717, 1.165) is 25.9 Å². The lowest BCUT2D eigenvalue weighted by molar-refractivity contribution is -0.183. The van der Waals surface area contributed by atoms with E-state index in [1.54, 1.807) is 31.2 Å². The predicted molar refractivity (Wildman–Crippen MR) is 88.8 cm³/mol. The number of carbonyl (C=O) groups excluding carboxylic acids is 1. The number of rotatable bonds is 4. The molecule has 3 fully saturated rings. The van der Waals surface area contributed by atoms with Crippen molar-refractivity contribution in [1.29, 1.82) is 0 Å². The summed E-state index contributed by atoms with van der Waals surface area (Å²) in [7, 11) is 0. The van der Waals surface area contributed by atoms with Crippen LogP contribution in [-0.2, 0) is 15.1 Å². The highest BCUT2D eigenvalue weighted by molar-refractivity contribution is 5.85. The zero-order valence-electron chi connectivity index (χ0n) is 13.9. The third-order valence-corrected chi connectivity index (χ3v) is 5.44. The average molecular weight is 315 g/mol. The number of carbonyl (C=O) groups is 1. The molecule has 4 rings (SSSR count). The molecule has 0 aromatic heterocycles. The minimum atomic E-state index is -1.78. The lowest BCUT2D eigenvalue weighted by Gasteiger charge is -2.49. The molecule has 1 aromatic rings. The smallest absolute Gasteiger partial charge is 0.347 e. The summed E-state index contributed by atoms with van der Waals surface area (Å²) < 4.78 is 5.83. The quantitative estimate of drug-likeness (QED) is 0.685. The minimum Gasteiger partial charge on any atom is -0.458 e. The Morgan fingerprint density at radius 2 is 1.91 bits per heavy atom. The van der Waals surface area contributed by atoms with Gasteiger partial charge in [0.1, 0.15) is 6.10 Å². The monoisotopic (exact) mass is 315 g/mol. The molecule has 4 nitrogen and oxygen atoms in total. The fourth-order valence-electron chi connectivity index (χ4n) is 3.88. The lowest BCUT2D eigenvalue weighted by Crippen LogP contribution is -2.58. The van der Waals surface area contributed by atoms with Gasteiger partial charge >= 0.3 is 5.97 Å². The van der Waals surface area contributed by atoms with E-state index in [0.29, 0.717) is 17.1 Å². The molecule has 1 aromatic carbocycles. The molecule has 3 aliphatic heterocycles. The molecule has 23 heavy (non-hydrogen) atoms. The average Bonchev–Trinajstić information content (AvgIpc) is 2.58. The van der Waals surface area contributed by atoms with E-state index >= 15 is 0 Å². The summed E-state index contributed by atoms with van der Waals surface area (Å²) in [6, 6.07) is 9.12. The van der Waals surface area contributed by atoms with Gasteiger partial charge in [-0.15, -0.1) is 0 Å². The first-order chi connectivity index (χ1) is 10.9. The van der Waals surface area contributed by atoms with Gasteiger partial charge in [-0.25, -0.2) is 4.79 Å². The van der Waals surface area contributed by atoms with E-state index in [9.17, 15) is 9.90 Å². The number of aliphatic hydroxyl groups is 1. The fraction of sp³-hybridized carbons (Fsp3) is 0.526. The van der Waals surface area contributed by atoms with E-state index in [4.69, 9.17) is 4.74 Å². The second kappa shape index (κ2) is 6.10. The Bertz CT molecular complexity index is 590. The number of benzene rings is 1. The summed E-state index contributed by atoms with van der Waals surface area (Å²) >= 11 is 0. The maximum Gasteiger partial charge on any atom is 0.347 e. The summed E-state index contributed by atoms with van der Waals surface area (Å²) in [5.41, 5.74) is -0.901. The summed E-state index contributed by atoms with van der Waals surface area (Å²) in [4.78, 5) is 15.2. The van der Waals surface area contributed by atoms with Crippen LogP contribution in [0.3, 0.4) is 0 Å². The van der Waals surface area contributed by atoms with Gasteiger partial charge in [0.2, 0.25) is 5.60 Å². The van der Waals surface area contributed by atoms with Crippen molar-refractivity contribution in [3.05, 3.63) is 48.0 Å². The van der Waals surface area contributed by atoms with Crippen molar-refractivity contribution in [3.8, 4) is 0 Å². The number of hydrogen-bond acceptors (Lipinski definition) is 4. The van der Waals surface area contributed by atoms with Crippen LogP contribution in [0.25, 0.3) is 0 Å². The Balaban J connectivity index is 1.84. The van der Waals surface area contributed by atoms with E-state index < -0.39 is 11.6 Å². The number of piperidine rings is 3. The van der Waals surface area contributed by atoms with Gasteiger partial charge in [-0.2, -0.15) is 0 Å². The second-order valence-electron chi connectivity index (χ2n) is 6.84. The molecule has 3 aliphatic rings. The van der Waals surface area contributed by atoms with Crippen molar-refractivity contribution in [1.82, 2.24) is 4.90 Å². The highest BCUT2D eigenvalue weighted by Gasteiger charge is 2.47. The number of fused-ring (bicyclic) bond motifs is 3. The van der Waals surface area contributed by atoms with Crippen LogP contribution < -0.4 is 0 Å². The van der Waals surface area contributed by atoms with Crippen molar-refractivity contribution < 1.29 is 14.6 Å². The molecule has 0 amide bonds. The Hall–Kier alpha value is -1.65. The van der Waals surface area contributed by atoms with Crippen molar-refractivity contribution in [2.75, 3.05) is 13.1 Å². The van der Waals surface area contributed by atoms with Gasteiger partial charge in [0.25, 0.3) is 0 Å². The topological polar surface area (TPSA) is 49.8 Å². The summed E-state index contributed by atoms with van der Waals surface area (Å²) in [5, 5.41) is 11.0. The van der Waals surface area contributed by atoms with Crippen molar-refractivity contribution in [2.45, 2.75) is 44.4 Å². The Morgan fingerprint density at radius 1 is 1.30 bits per heavy atom. The van der Waals surface area contributed by atoms with Gasteiger partial charge in [-0.05, 0) is 56.8 Å². The summed E-state index contributed by atoms with van der Waals surface area (Å²) in [5.74, 6) is -0.217. The van der Waals surface area contributed by atoms with Crippen LogP contribution >= 0.6 is 0 Å². The van der Waals surface area contributed by atoms with Crippen LogP contribution in [0.4, 0.5) is 0 Å². The Labute approximate surface area is 137 Å². The molecule has 0 aliphatic carbocycles. The predicted octanol–water partition coefficient (Wildman–Crippen LogP) is 2.48. The van der Waals surface area contributed by atoms with Crippen molar-refractivity contribution in [2.24, 2.45) is 5.92 Å². The zero-order chi connectivity index (χ0) is 16.6. The molecule has 124 valence electrons. The first-order valence-electron chi connectivity index (χ1n) is 8.33. The molecule has 1 N–H and O–H groups in total. The number of ether oxygens (including phenoxy) is 1. The van der Waals surface area contributed by atoms with Gasteiger partial charge in [0.15, 0.2) is 0 Å². The third kappa shape index (κ3) is 2.70. The van der Waals surface area contributed by atoms with E-state index in [2.05, 4.69) is 18.4 Å². The van der Waals surface area contributed by atoms with Gasteiger partial charge in [-0.1, -0.05) is 36.9 Å². The number of esters is 1. The SMILES string of the molecule is C=C(C)[C@@](O)(C(=O)O[C@H]1C2CCN(CC2)[C@@H]1C)c1ccccc1. The van der Waals surface area contributed by atoms with E-state index in [1.165, 1.54) is 0 Å². The van der Waals surface area contributed by atoms with Crippen LogP contribution in [0.5, 0.6) is 0 Å². The zero-order valence-corrected chi connectivity index (χ0v) is 13.9. The number of hydrogen-bond donors (Lipinski definition) is 1. The van der Waals surface area contributed by atoms with Crippen molar-refractivity contribution >= 4 is 5.97 Å². The first-order valence-corrected chi connectivity index (χ1v) is 8.33. The molecule has 3 atom stereocenters. The van der Waals surface area contributed by atoms with E-state index in [-0.39, 0.29) is 12.1 Å². The Kier molecular flexibility index (Phi) is 4.30. The molecule has 3 saturated heterocycles. The van der Waals surface area contributed by atoms with Crippen LogP contribution in [0.15, 0.2) is 42.5 Å². The molecule has 0 spiro atoms. The van der Waals surface area contributed by atoms with E-state index in [1.807, 2.05) is 6.07 Å². The largest absolute Gasteiger partial charge is 0.458 e. The van der Waals surface area contributed by atoms with Crippen LogP contribution in [0.1, 0.15) is 32.3 Å². The second-order valence-corrected chi connectivity index (χ2v) is 6.84. The molecule has 0 radical (unpaired) electrons. The summed E-state index contributed by atoms with van der Waals surface area (Å²) in [6.07, 6.45) is 1.96. The first kappa shape index (κ1) is 16.2. The fourth-order valence-corrected chi connectivity index (χ4v) is 3.88. The highest BCUT2D eigenvalue weighted by Crippen LogP contribution is 2.37. The third-order valence-electron chi connectivity index (χ3n) is 5.44. The Morgan fingerprint density at radius 3 is 2.43 bits per heavy atom. The van der Waals surface area contributed by atoms with Gasteiger partial charge < -0.3 is 9.84 Å². The molecule has 0 saturated carbocycles. The maximum absolute atomic E-state index is 12.8. The normalized spacial score (nSPS) is 32.1. The molecule has 2 bridgehead atoms. The minimum absolute atomic E-state index is 0.153. The standard InChI is InChI=1S/C19H25NO3/c1-13(2)19(22,16-7-5-4-6-8-16)18(21)23-17-14(3)20-11-9-15(17)10-12-20/h4-8,14-15,17,22H,1,9-12H2,2-3H3/t14-,17-,19+/m1/s1. The lowest BCUT2D eigenvalue weighted by atomic mass is 9.80. The van der Waals surface area contributed by atoms with Gasteiger partial charge in [-0.3, -0.25) is 4.90 Å². The molecular weight excluding hydrogens is 290 g/mol.